The maximum atomic E-state index is 13.3. The summed E-state index contributed by atoms with van der Waals surface area (Å²) in [6.45, 7) is 3.34. The van der Waals surface area contributed by atoms with Crippen molar-refractivity contribution in [2.45, 2.75) is 18.2 Å². The zero-order valence-corrected chi connectivity index (χ0v) is 20.0. The summed E-state index contributed by atoms with van der Waals surface area (Å²) in [4.78, 5) is 15.3. The Morgan fingerprint density at radius 3 is 2.22 bits per heavy atom. The second-order valence-electron chi connectivity index (χ2n) is 7.74. The van der Waals surface area contributed by atoms with Gasteiger partial charge in [-0.1, -0.05) is 65.3 Å². The van der Waals surface area contributed by atoms with Crippen LogP contribution in [0, 0.1) is 0 Å². The number of nitrogens with zero attached hydrogens (tertiary/aromatic N) is 1. The summed E-state index contributed by atoms with van der Waals surface area (Å²) < 4.78 is 24.1. The van der Waals surface area contributed by atoms with Crippen molar-refractivity contribution in [3.63, 3.8) is 0 Å². The number of carbonyl (C=O) groups excluding carboxylic acids is 1. The first-order valence-electron chi connectivity index (χ1n) is 10.3. The van der Waals surface area contributed by atoms with Crippen molar-refractivity contribution in [2.24, 2.45) is 5.14 Å². The number of hydrogen-bond donors (Lipinski definition) is 1. The lowest BCUT2D eigenvalue weighted by molar-refractivity contribution is -0.123. The van der Waals surface area contributed by atoms with Gasteiger partial charge in [-0.05, 0) is 64.6 Å². The summed E-state index contributed by atoms with van der Waals surface area (Å²) in [6.07, 6.45) is 0.890. The molecule has 1 heterocycles. The van der Waals surface area contributed by atoms with E-state index in [2.05, 4.69) is 22.9 Å². The molecule has 7 heteroatoms. The molecule has 0 aromatic heterocycles. The Morgan fingerprint density at radius 2 is 1.56 bits per heavy atom. The Balaban J connectivity index is 1.79. The minimum Gasteiger partial charge on any atom is -0.334 e. The number of halogens is 1. The van der Waals surface area contributed by atoms with Gasteiger partial charge in [-0.2, -0.15) is 0 Å². The van der Waals surface area contributed by atoms with Crippen molar-refractivity contribution in [1.29, 1.82) is 0 Å². The van der Waals surface area contributed by atoms with Crippen LogP contribution in [0.15, 0.2) is 82.2 Å². The second-order valence-corrected chi connectivity index (χ2v) is 10.2. The van der Waals surface area contributed by atoms with Gasteiger partial charge < -0.3 is 4.90 Å². The van der Waals surface area contributed by atoms with Crippen molar-refractivity contribution in [2.75, 3.05) is 13.1 Å². The minimum absolute atomic E-state index is 0.0311. The van der Waals surface area contributed by atoms with Gasteiger partial charge in [-0.15, -0.1) is 0 Å². The lowest BCUT2D eigenvalue weighted by Gasteiger charge is -2.15. The van der Waals surface area contributed by atoms with Crippen LogP contribution >= 0.6 is 15.9 Å². The highest BCUT2D eigenvalue weighted by atomic mass is 79.9. The van der Waals surface area contributed by atoms with Gasteiger partial charge in [-0.3, -0.25) is 4.79 Å². The Labute approximate surface area is 196 Å². The van der Waals surface area contributed by atoms with Crippen LogP contribution < -0.4 is 5.14 Å². The van der Waals surface area contributed by atoms with Crippen molar-refractivity contribution < 1.29 is 13.2 Å². The van der Waals surface area contributed by atoms with Crippen LogP contribution in [0.2, 0.25) is 0 Å². The smallest absolute Gasteiger partial charge is 0.255 e. The van der Waals surface area contributed by atoms with E-state index in [1.165, 1.54) is 12.1 Å². The molecular formula is C25H23BrN2O3S. The van der Waals surface area contributed by atoms with Crippen LogP contribution in [0.4, 0.5) is 0 Å². The van der Waals surface area contributed by atoms with Crippen LogP contribution in [0.5, 0.6) is 0 Å². The molecule has 1 aliphatic rings. The fourth-order valence-corrected chi connectivity index (χ4v) is 4.89. The number of primary sulfonamides is 1. The first-order valence-corrected chi connectivity index (χ1v) is 12.6. The lowest BCUT2D eigenvalue weighted by atomic mass is 9.94. The highest BCUT2D eigenvalue weighted by Gasteiger charge is 2.31. The molecule has 0 unspecified atom stereocenters. The number of sulfonamides is 1. The van der Waals surface area contributed by atoms with E-state index in [1.807, 2.05) is 53.4 Å². The fraction of sp³-hybridized carbons (Fsp3) is 0.160. The maximum absolute atomic E-state index is 13.3. The highest BCUT2D eigenvalue weighted by Crippen LogP contribution is 2.36. The maximum Gasteiger partial charge on any atom is 0.255 e. The molecule has 0 atom stereocenters. The van der Waals surface area contributed by atoms with Gasteiger partial charge in [0.1, 0.15) is 0 Å². The predicted octanol–water partition coefficient (Wildman–Crippen LogP) is 4.93. The molecule has 0 spiro atoms. The molecular weight excluding hydrogens is 488 g/mol. The van der Waals surface area contributed by atoms with E-state index >= 15 is 0 Å². The van der Waals surface area contributed by atoms with Crippen LogP contribution in [0.25, 0.3) is 22.3 Å². The van der Waals surface area contributed by atoms with Crippen molar-refractivity contribution >= 4 is 43.0 Å². The first-order chi connectivity index (χ1) is 15.3. The lowest BCUT2D eigenvalue weighted by Crippen LogP contribution is -2.27. The monoisotopic (exact) mass is 510 g/mol. The average Bonchev–Trinajstić information content (AvgIpc) is 3.10. The number of hydrogen-bond acceptors (Lipinski definition) is 3. The van der Waals surface area contributed by atoms with E-state index in [0.717, 1.165) is 38.7 Å². The predicted molar refractivity (Wildman–Crippen MR) is 131 cm³/mol. The topological polar surface area (TPSA) is 80.5 Å². The standard InChI is InChI=1S/C25H23BrN2O3S/c1-2-13-28-16-23(19-6-4-8-21(26)15-19)24(25(28)29)20-7-3-5-18(14-20)17-9-11-22(12-10-17)32(27,30)31/h3-12,14-15H,2,13,16H2,1H3,(H2,27,30,31). The number of nitrogens with two attached hydrogens (primary N) is 1. The molecule has 0 fully saturated rings. The molecule has 0 radical (unpaired) electrons. The summed E-state index contributed by atoms with van der Waals surface area (Å²) in [5.74, 6) is 0.0311. The van der Waals surface area contributed by atoms with Crippen LogP contribution in [-0.2, 0) is 14.8 Å². The highest BCUT2D eigenvalue weighted by molar-refractivity contribution is 9.10. The third-order valence-electron chi connectivity index (χ3n) is 5.49. The third-order valence-corrected chi connectivity index (χ3v) is 6.91. The van der Waals surface area contributed by atoms with Crippen LogP contribution in [-0.4, -0.2) is 32.3 Å². The summed E-state index contributed by atoms with van der Waals surface area (Å²) in [5.41, 5.74) is 5.32. The van der Waals surface area contributed by atoms with Gasteiger partial charge in [0.05, 0.1) is 10.5 Å². The van der Waals surface area contributed by atoms with E-state index in [0.29, 0.717) is 18.7 Å². The van der Waals surface area contributed by atoms with Gasteiger partial charge in [0.25, 0.3) is 5.91 Å². The van der Waals surface area contributed by atoms with Gasteiger partial charge in [-0.25, -0.2) is 13.6 Å². The molecule has 4 rings (SSSR count). The van der Waals surface area contributed by atoms with E-state index < -0.39 is 10.0 Å². The van der Waals surface area contributed by atoms with Crippen LogP contribution in [0.1, 0.15) is 24.5 Å². The molecule has 0 bridgehead atoms. The summed E-state index contributed by atoms with van der Waals surface area (Å²) in [7, 11) is -3.74. The van der Waals surface area contributed by atoms with Crippen molar-refractivity contribution in [3.05, 3.63) is 88.4 Å². The largest absolute Gasteiger partial charge is 0.334 e. The molecule has 1 aliphatic heterocycles. The molecule has 0 saturated carbocycles. The third kappa shape index (κ3) is 4.55. The fourth-order valence-electron chi connectivity index (χ4n) is 3.98. The Morgan fingerprint density at radius 1 is 0.906 bits per heavy atom. The number of amides is 1. The zero-order chi connectivity index (χ0) is 22.9. The summed E-state index contributed by atoms with van der Waals surface area (Å²) in [6, 6.07) is 22.2. The van der Waals surface area contributed by atoms with Crippen molar-refractivity contribution in [1.82, 2.24) is 4.90 Å². The zero-order valence-electron chi connectivity index (χ0n) is 17.6. The molecule has 3 aromatic rings. The minimum atomic E-state index is -3.74. The van der Waals surface area contributed by atoms with E-state index in [-0.39, 0.29) is 10.8 Å². The molecule has 0 aliphatic carbocycles. The number of benzene rings is 3. The molecule has 164 valence electrons. The Bertz CT molecular complexity index is 1320. The Kier molecular flexibility index (Phi) is 6.33. The van der Waals surface area contributed by atoms with E-state index in [9.17, 15) is 13.2 Å². The molecule has 0 saturated heterocycles. The molecule has 5 nitrogen and oxygen atoms in total. The SMILES string of the molecule is CCCN1CC(c2cccc(Br)c2)=C(c2cccc(-c3ccc(S(N)(=O)=O)cc3)c2)C1=O. The molecule has 32 heavy (non-hydrogen) atoms. The molecule has 3 aromatic carbocycles. The average molecular weight is 511 g/mol. The van der Waals surface area contributed by atoms with Crippen molar-refractivity contribution in [3.8, 4) is 11.1 Å². The first kappa shape index (κ1) is 22.5. The van der Waals surface area contributed by atoms with Crippen LogP contribution in [0.3, 0.4) is 0 Å². The van der Waals surface area contributed by atoms with Gasteiger partial charge in [0.2, 0.25) is 10.0 Å². The molecule has 2 N–H and O–H groups in total. The Hall–Kier alpha value is -2.74. The second kappa shape index (κ2) is 9.02. The summed E-state index contributed by atoms with van der Waals surface area (Å²) in [5, 5.41) is 5.21. The van der Waals surface area contributed by atoms with E-state index in [1.54, 1.807) is 12.1 Å². The van der Waals surface area contributed by atoms with Gasteiger partial charge >= 0.3 is 0 Å². The number of carbonyl (C=O) groups is 1. The molecule has 1 amide bonds. The normalized spacial score (nSPS) is 14.3. The van der Waals surface area contributed by atoms with Gasteiger partial charge in [0.15, 0.2) is 0 Å². The summed E-state index contributed by atoms with van der Waals surface area (Å²) >= 11 is 3.54. The quantitative estimate of drug-likeness (QED) is 0.510. The van der Waals surface area contributed by atoms with Gasteiger partial charge in [0, 0.05) is 17.6 Å². The number of rotatable bonds is 6. The van der Waals surface area contributed by atoms with E-state index in [4.69, 9.17) is 5.14 Å².